The first-order valence-electron chi connectivity index (χ1n) is 16.6. The fourth-order valence-corrected chi connectivity index (χ4v) is 8.03. The number of ether oxygens (including phenoxy) is 2. The van der Waals surface area contributed by atoms with Crippen LogP contribution in [0.3, 0.4) is 0 Å². The zero-order valence-corrected chi connectivity index (χ0v) is 26.3. The molecule has 2 aromatic carbocycles. The lowest BCUT2D eigenvalue weighted by Crippen LogP contribution is -2.47. The van der Waals surface area contributed by atoms with Crippen LogP contribution in [0.25, 0.3) is 28.5 Å². The molecule has 0 spiro atoms. The van der Waals surface area contributed by atoms with E-state index < -0.39 is 0 Å². The van der Waals surface area contributed by atoms with Gasteiger partial charge in [0.15, 0.2) is 0 Å². The van der Waals surface area contributed by atoms with Gasteiger partial charge in [0.1, 0.15) is 24.0 Å². The number of aromatic nitrogens is 2. The Morgan fingerprint density at radius 1 is 1.18 bits per heavy atom. The summed E-state index contributed by atoms with van der Waals surface area (Å²) in [6.45, 7) is 6.47. The number of carbonyl (C=O) groups excluding carboxylic acids is 1. The van der Waals surface area contributed by atoms with Gasteiger partial charge in [-0.25, -0.2) is 4.98 Å². The van der Waals surface area contributed by atoms with Crippen LogP contribution >= 0.6 is 0 Å². The van der Waals surface area contributed by atoms with Crippen LogP contribution in [0.4, 0.5) is 0 Å². The van der Waals surface area contributed by atoms with E-state index in [0.717, 1.165) is 73.1 Å². The SMILES string of the molecule is CCCC(=O)N1[C@@H](C)CC[C@H]1C1=NC2C=Cc3cc4c(cc3C2N1)OCc1cc(-c2cnc([C@@H]3C[C@H](COC)CN3)[nH]2)ccc1-4. The van der Waals surface area contributed by atoms with Gasteiger partial charge in [-0.15, -0.1) is 0 Å². The zero-order chi connectivity index (χ0) is 30.7. The van der Waals surface area contributed by atoms with Crippen LogP contribution in [0.1, 0.15) is 80.6 Å². The number of imidazole rings is 1. The standard InChI is InChI=1S/C36H42N6O3/c1-4-5-33(43)42-20(2)6-11-31(42)36-39-28-10-8-22-14-27-25-9-7-23(13-24(25)19-45-32(27)15-26(22)34(28)41-36)30-17-38-35(40-30)29-12-21(16-37-29)18-44-3/h7-10,13-15,17,20-21,28-29,31,34,37H,4-6,11-12,16,18-19H2,1-3H3,(H,38,40)(H,39,41)/t20-,21-,28?,29-,31-,34?/m0/s1. The Morgan fingerprint density at radius 2 is 2.09 bits per heavy atom. The van der Waals surface area contributed by atoms with Gasteiger partial charge < -0.3 is 30.0 Å². The molecule has 2 unspecified atom stereocenters. The Kier molecular flexibility index (Phi) is 7.25. The molecule has 1 aliphatic carbocycles. The van der Waals surface area contributed by atoms with Crippen LogP contribution < -0.4 is 15.4 Å². The van der Waals surface area contributed by atoms with Gasteiger partial charge in [-0.1, -0.05) is 31.2 Å². The average Bonchev–Trinajstić information content (AvgIpc) is 3.86. The minimum Gasteiger partial charge on any atom is -0.488 e. The summed E-state index contributed by atoms with van der Waals surface area (Å²) in [4.78, 5) is 28.4. The molecule has 0 radical (unpaired) electrons. The van der Waals surface area contributed by atoms with Crippen molar-refractivity contribution in [2.45, 2.75) is 82.8 Å². The molecule has 45 heavy (non-hydrogen) atoms. The van der Waals surface area contributed by atoms with Crippen molar-refractivity contribution < 1.29 is 14.3 Å². The number of nitrogens with zero attached hydrogens (tertiary/aromatic N) is 3. The number of amidine groups is 1. The summed E-state index contributed by atoms with van der Waals surface area (Å²) in [6.07, 6.45) is 10.8. The fourth-order valence-electron chi connectivity index (χ4n) is 8.03. The Bertz CT molecular complexity index is 1690. The van der Waals surface area contributed by atoms with Crippen molar-refractivity contribution in [2.75, 3.05) is 20.3 Å². The number of hydrogen-bond donors (Lipinski definition) is 3. The van der Waals surface area contributed by atoms with Gasteiger partial charge >= 0.3 is 0 Å². The number of carbonyl (C=O) groups is 1. The van der Waals surface area contributed by atoms with Crippen LogP contribution in [-0.4, -0.2) is 65.0 Å². The van der Waals surface area contributed by atoms with E-state index in [1.165, 1.54) is 22.3 Å². The van der Waals surface area contributed by atoms with Crippen LogP contribution in [0.15, 0.2) is 47.6 Å². The third-order valence-electron chi connectivity index (χ3n) is 10.3. The minimum absolute atomic E-state index is 0.0209. The van der Waals surface area contributed by atoms with Crippen LogP contribution in [0.2, 0.25) is 0 Å². The maximum Gasteiger partial charge on any atom is 0.223 e. The molecule has 234 valence electrons. The van der Waals surface area contributed by atoms with E-state index in [0.29, 0.717) is 18.9 Å². The number of aliphatic imine (C=N–C) groups is 1. The second-order valence-electron chi connectivity index (χ2n) is 13.3. The quantitative estimate of drug-likeness (QED) is 0.326. The number of benzene rings is 2. The highest BCUT2D eigenvalue weighted by molar-refractivity contribution is 5.95. The lowest BCUT2D eigenvalue weighted by Gasteiger charge is -2.30. The summed E-state index contributed by atoms with van der Waals surface area (Å²) in [5.41, 5.74) is 8.02. The van der Waals surface area contributed by atoms with E-state index in [1.54, 1.807) is 7.11 Å². The number of amides is 1. The highest BCUT2D eigenvalue weighted by atomic mass is 16.5. The molecule has 3 aromatic rings. The number of nitrogens with one attached hydrogen (secondary N) is 3. The predicted molar refractivity (Wildman–Crippen MR) is 175 cm³/mol. The van der Waals surface area contributed by atoms with Gasteiger partial charge in [-0.2, -0.15) is 0 Å². The fraction of sp³-hybridized carbons (Fsp3) is 0.472. The first kappa shape index (κ1) is 28.5. The van der Waals surface area contributed by atoms with Crippen LogP contribution in [0.5, 0.6) is 5.75 Å². The second-order valence-corrected chi connectivity index (χ2v) is 13.3. The van der Waals surface area contributed by atoms with E-state index in [1.807, 2.05) is 6.20 Å². The Hall–Kier alpha value is -3.95. The van der Waals surface area contributed by atoms with Gasteiger partial charge in [0, 0.05) is 31.7 Å². The first-order valence-corrected chi connectivity index (χ1v) is 16.6. The van der Waals surface area contributed by atoms with Gasteiger partial charge in [0.25, 0.3) is 0 Å². The Labute approximate surface area is 264 Å². The molecule has 5 heterocycles. The summed E-state index contributed by atoms with van der Waals surface area (Å²) in [6, 6.07) is 11.7. The number of likely N-dealkylation sites (tertiary alicyclic amines) is 1. The van der Waals surface area contributed by atoms with Crippen molar-refractivity contribution in [1.82, 2.24) is 25.5 Å². The summed E-state index contributed by atoms with van der Waals surface area (Å²) >= 11 is 0. The maximum absolute atomic E-state index is 13.0. The molecule has 2 saturated heterocycles. The van der Waals surface area contributed by atoms with Crippen LogP contribution in [0, 0.1) is 5.92 Å². The first-order chi connectivity index (χ1) is 22.0. The van der Waals surface area contributed by atoms with Gasteiger partial charge in [0.2, 0.25) is 5.91 Å². The highest BCUT2D eigenvalue weighted by Crippen LogP contribution is 2.45. The molecular weight excluding hydrogens is 564 g/mol. The number of H-pyrrole nitrogens is 1. The van der Waals surface area contributed by atoms with E-state index in [4.69, 9.17) is 19.5 Å². The summed E-state index contributed by atoms with van der Waals surface area (Å²) in [5, 5.41) is 7.32. The number of aromatic amines is 1. The maximum atomic E-state index is 13.0. The topological polar surface area (TPSA) is 104 Å². The molecule has 4 aliphatic heterocycles. The molecule has 9 nitrogen and oxygen atoms in total. The van der Waals surface area contributed by atoms with Crippen LogP contribution in [-0.2, 0) is 16.1 Å². The monoisotopic (exact) mass is 606 g/mol. The summed E-state index contributed by atoms with van der Waals surface area (Å²) in [5.74, 6) is 3.60. The lowest BCUT2D eigenvalue weighted by molar-refractivity contribution is -0.132. The second kappa shape index (κ2) is 11.4. The molecule has 2 fully saturated rings. The summed E-state index contributed by atoms with van der Waals surface area (Å²) in [7, 11) is 1.76. The van der Waals surface area contributed by atoms with Crippen molar-refractivity contribution in [2.24, 2.45) is 10.9 Å². The molecule has 8 rings (SSSR count). The third kappa shape index (κ3) is 4.97. The van der Waals surface area contributed by atoms with Crippen molar-refractivity contribution >= 4 is 17.8 Å². The van der Waals surface area contributed by atoms with Crippen molar-refractivity contribution in [3.8, 4) is 28.1 Å². The molecular formula is C36H42N6O3. The third-order valence-corrected chi connectivity index (χ3v) is 10.3. The minimum atomic E-state index is 0.0209. The number of fused-ring (bicyclic) bond motifs is 6. The molecule has 0 bridgehead atoms. The molecule has 3 N–H and O–H groups in total. The molecule has 1 amide bonds. The van der Waals surface area contributed by atoms with Crippen molar-refractivity contribution in [3.05, 3.63) is 65.1 Å². The smallest absolute Gasteiger partial charge is 0.223 e. The van der Waals surface area contributed by atoms with E-state index in [9.17, 15) is 4.79 Å². The van der Waals surface area contributed by atoms with Gasteiger partial charge in [0.05, 0.1) is 42.7 Å². The molecule has 1 aromatic heterocycles. The van der Waals surface area contributed by atoms with Gasteiger partial charge in [-0.3, -0.25) is 9.79 Å². The number of rotatable bonds is 7. The highest BCUT2D eigenvalue weighted by Gasteiger charge is 2.42. The van der Waals surface area contributed by atoms with E-state index in [-0.39, 0.29) is 36.1 Å². The van der Waals surface area contributed by atoms with Gasteiger partial charge in [-0.05, 0) is 84.5 Å². The normalized spacial score (nSPS) is 27.7. The van der Waals surface area contributed by atoms with Crippen molar-refractivity contribution in [3.63, 3.8) is 0 Å². The molecule has 0 saturated carbocycles. The Balaban J connectivity index is 1.02. The van der Waals surface area contributed by atoms with Crippen molar-refractivity contribution in [1.29, 1.82) is 0 Å². The molecule has 9 heteroatoms. The van der Waals surface area contributed by atoms with E-state index >= 15 is 0 Å². The lowest BCUT2D eigenvalue weighted by atomic mass is 9.85. The average molecular weight is 607 g/mol. The van der Waals surface area contributed by atoms with E-state index in [2.05, 4.69) is 76.8 Å². The molecule has 6 atom stereocenters. The largest absolute Gasteiger partial charge is 0.488 e. The zero-order valence-electron chi connectivity index (χ0n) is 26.3. The number of methoxy groups -OCH3 is 1. The predicted octanol–water partition coefficient (Wildman–Crippen LogP) is 5.55. The number of hydrogen-bond acceptors (Lipinski definition) is 7. The summed E-state index contributed by atoms with van der Waals surface area (Å²) < 4.78 is 11.8. The molecule has 5 aliphatic rings. The Morgan fingerprint density at radius 3 is 2.96 bits per heavy atom.